The Kier molecular flexibility index (Phi) is 3.08. The average Bonchev–Trinajstić information content (AvgIpc) is 2.25. The van der Waals surface area contributed by atoms with E-state index in [9.17, 15) is 9.59 Å². The number of carboxylic acids is 1. The third-order valence-corrected chi connectivity index (χ3v) is 3.12. The molecule has 0 spiro atoms. The Hall–Kier alpha value is -1.91. The molecule has 1 heterocycles. The number of pyridine rings is 1. The highest BCUT2D eigenvalue weighted by Gasteiger charge is 2.28. The zero-order valence-corrected chi connectivity index (χ0v) is 9.59. The summed E-state index contributed by atoms with van der Waals surface area (Å²) in [4.78, 5) is 28.1. The van der Waals surface area contributed by atoms with Gasteiger partial charge in [-0.2, -0.15) is 0 Å². The van der Waals surface area contributed by atoms with Gasteiger partial charge in [-0.3, -0.25) is 9.69 Å². The minimum atomic E-state index is -1.02. The van der Waals surface area contributed by atoms with E-state index in [4.69, 9.17) is 5.11 Å². The number of aromatic nitrogens is 1. The number of carbonyl (C=O) groups is 2. The summed E-state index contributed by atoms with van der Waals surface area (Å²) in [5, 5.41) is 8.74. The number of amides is 1. The van der Waals surface area contributed by atoms with Crippen LogP contribution in [0, 0.1) is 5.92 Å². The van der Waals surface area contributed by atoms with Crippen molar-refractivity contribution < 1.29 is 14.7 Å². The lowest BCUT2D eigenvalue weighted by molar-refractivity contribution is -0.124. The van der Waals surface area contributed by atoms with Gasteiger partial charge in [0.15, 0.2) is 0 Å². The highest BCUT2D eigenvalue weighted by Crippen LogP contribution is 2.29. The Labute approximate surface area is 99.1 Å². The van der Waals surface area contributed by atoms with Gasteiger partial charge in [0.1, 0.15) is 5.82 Å². The van der Waals surface area contributed by atoms with Gasteiger partial charge < -0.3 is 5.11 Å². The quantitative estimate of drug-likeness (QED) is 0.861. The van der Waals surface area contributed by atoms with Crippen molar-refractivity contribution >= 4 is 17.7 Å². The second-order valence-electron chi connectivity index (χ2n) is 4.24. The van der Waals surface area contributed by atoms with Crippen LogP contribution in [0.2, 0.25) is 0 Å². The largest absolute Gasteiger partial charge is 0.478 e. The maximum absolute atomic E-state index is 11.9. The molecule has 0 radical (unpaired) electrons. The molecule has 1 fully saturated rings. The van der Waals surface area contributed by atoms with Crippen molar-refractivity contribution in [3.8, 4) is 0 Å². The van der Waals surface area contributed by atoms with Gasteiger partial charge in [0.2, 0.25) is 5.91 Å². The average molecular weight is 234 g/mol. The Bertz CT molecular complexity index is 438. The highest BCUT2D eigenvalue weighted by molar-refractivity contribution is 5.94. The zero-order chi connectivity index (χ0) is 12.4. The Balaban J connectivity index is 2.10. The van der Waals surface area contributed by atoms with E-state index in [2.05, 4.69) is 4.98 Å². The molecule has 1 saturated carbocycles. The molecule has 90 valence electrons. The van der Waals surface area contributed by atoms with Crippen LogP contribution in [0.15, 0.2) is 18.3 Å². The SMILES string of the molecule is CN(C(=O)C1CCC1)c1ccc(C(=O)O)cn1. The predicted molar refractivity (Wildman–Crippen MR) is 61.9 cm³/mol. The first-order valence-electron chi connectivity index (χ1n) is 5.56. The fourth-order valence-corrected chi connectivity index (χ4v) is 1.75. The lowest BCUT2D eigenvalue weighted by Crippen LogP contribution is -2.36. The van der Waals surface area contributed by atoms with Crippen molar-refractivity contribution in [1.29, 1.82) is 0 Å². The molecular formula is C12H14N2O3. The molecule has 1 aliphatic carbocycles. The van der Waals surface area contributed by atoms with Crippen LogP contribution in [0.4, 0.5) is 5.82 Å². The van der Waals surface area contributed by atoms with Crippen LogP contribution >= 0.6 is 0 Å². The lowest BCUT2D eigenvalue weighted by Gasteiger charge is -2.28. The topological polar surface area (TPSA) is 70.5 Å². The van der Waals surface area contributed by atoms with E-state index in [-0.39, 0.29) is 17.4 Å². The van der Waals surface area contributed by atoms with Crippen LogP contribution in [0.5, 0.6) is 0 Å². The van der Waals surface area contributed by atoms with Gasteiger partial charge in [0, 0.05) is 19.2 Å². The third kappa shape index (κ3) is 2.27. The second kappa shape index (κ2) is 4.53. The first-order valence-corrected chi connectivity index (χ1v) is 5.56. The van der Waals surface area contributed by atoms with Crippen molar-refractivity contribution in [3.05, 3.63) is 23.9 Å². The second-order valence-corrected chi connectivity index (χ2v) is 4.24. The van der Waals surface area contributed by atoms with E-state index in [0.717, 1.165) is 19.3 Å². The van der Waals surface area contributed by atoms with E-state index in [1.807, 2.05) is 0 Å². The summed E-state index contributed by atoms with van der Waals surface area (Å²) in [5.41, 5.74) is 0.123. The molecule has 17 heavy (non-hydrogen) atoms. The lowest BCUT2D eigenvalue weighted by atomic mass is 9.84. The maximum atomic E-state index is 11.9. The summed E-state index contributed by atoms with van der Waals surface area (Å²) in [6, 6.07) is 3.01. The summed E-state index contributed by atoms with van der Waals surface area (Å²) in [6.07, 6.45) is 4.25. The minimum Gasteiger partial charge on any atom is -0.478 e. The Morgan fingerprint density at radius 1 is 1.41 bits per heavy atom. The molecule has 1 amide bonds. The van der Waals surface area contributed by atoms with E-state index >= 15 is 0 Å². The van der Waals surface area contributed by atoms with Crippen molar-refractivity contribution in [2.75, 3.05) is 11.9 Å². The minimum absolute atomic E-state index is 0.0619. The third-order valence-electron chi connectivity index (χ3n) is 3.12. The molecule has 5 heteroatoms. The summed E-state index contributed by atoms with van der Waals surface area (Å²) in [6.45, 7) is 0. The van der Waals surface area contributed by atoms with E-state index in [0.29, 0.717) is 5.82 Å². The monoisotopic (exact) mass is 234 g/mol. The molecule has 1 aliphatic rings. The van der Waals surface area contributed by atoms with Gasteiger partial charge >= 0.3 is 5.97 Å². The summed E-state index contributed by atoms with van der Waals surface area (Å²) in [5.74, 6) is -0.350. The fraction of sp³-hybridized carbons (Fsp3) is 0.417. The summed E-state index contributed by atoms with van der Waals surface area (Å²) < 4.78 is 0. The molecule has 1 N–H and O–H groups in total. The van der Waals surface area contributed by atoms with Crippen LogP contribution in [0.1, 0.15) is 29.6 Å². The van der Waals surface area contributed by atoms with Crippen molar-refractivity contribution in [2.24, 2.45) is 5.92 Å². The van der Waals surface area contributed by atoms with E-state index < -0.39 is 5.97 Å². The number of nitrogens with zero attached hydrogens (tertiary/aromatic N) is 2. The van der Waals surface area contributed by atoms with Crippen molar-refractivity contribution in [3.63, 3.8) is 0 Å². The number of hydrogen-bond acceptors (Lipinski definition) is 3. The smallest absolute Gasteiger partial charge is 0.337 e. The van der Waals surface area contributed by atoms with Crippen molar-refractivity contribution in [2.45, 2.75) is 19.3 Å². The Morgan fingerprint density at radius 2 is 2.12 bits per heavy atom. The van der Waals surface area contributed by atoms with Gasteiger partial charge in [-0.05, 0) is 25.0 Å². The number of carboxylic acid groups (broad SMARTS) is 1. The standard InChI is InChI=1S/C12H14N2O3/c1-14(11(15)8-3-2-4-8)10-6-5-9(7-13-10)12(16)17/h5-8H,2-4H2,1H3,(H,16,17). The molecule has 0 aliphatic heterocycles. The van der Waals surface area contributed by atoms with Gasteiger partial charge in [0.05, 0.1) is 5.56 Å². The number of hydrogen-bond donors (Lipinski definition) is 1. The van der Waals surface area contributed by atoms with Gasteiger partial charge in [-0.1, -0.05) is 6.42 Å². The van der Waals surface area contributed by atoms with E-state index in [1.165, 1.54) is 17.2 Å². The van der Waals surface area contributed by atoms with Crippen LogP contribution in [0.25, 0.3) is 0 Å². The first kappa shape index (κ1) is 11.6. The molecule has 2 rings (SSSR count). The molecule has 1 aromatic rings. The Morgan fingerprint density at radius 3 is 2.53 bits per heavy atom. The molecule has 0 unspecified atom stereocenters. The predicted octanol–water partition coefficient (Wildman–Crippen LogP) is 1.54. The van der Waals surface area contributed by atoms with Crippen LogP contribution in [-0.2, 0) is 4.79 Å². The molecule has 5 nitrogen and oxygen atoms in total. The molecule has 1 aromatic heterocycles. The number of aromatic carboxylic acids is 1. The van der Waals surface area contributed by atoms with Crippen LogP contribution in [0.3, 0.4) is 0 Å². The molecule has 0 aromatic carbocycles. The summed E-state index contributed by atoms with van der Waals surface area (Å²) >= 11 is 0. The highest BCUT2D eigenvalue weighted by atomic mass is 16.4. The van der Waals surface area contributed by atoms with Gasteiger partial charge in [-0.25, -0.2) is 9.78 Å². The van der Waals surface area contributed by atoms with Crippen LogP contribution in [-0.4, -0.2) is 29.0 Å². The fourth-order valence-electron chi connectivity index (χ4n) is 1.75. The maximum Gasteiger partial charge on any atom is 0.337 e. The van der Waals surface area contributed by atoms with Gasteiger partial charge in [-0.15, -0.1) is 0 Å². The van der Waals surface area contributed by atoms with Crippen molar-refractivity contribution in [1.82, 2.24) is 4.98 Å². The number of carbonyl (C=O) groups excluding carboxylic acids is 1. The molecule has 0 bridgehead atoms. The van der Waals surface area contributed by atoms with Gasteiger partial charge in [0.25, 0.3) is 0 Å². The summed E-state index contributed by atoms with van der Waals surface area (Å²) in [7, 11) is 1.67. The molecular weight excluding hydrogens is 220 g/mol. The van der Waals surface area contributed by atoms with E-state index in [1.54, 1.807) is 13.1 Å². The van der Waals surface area contributed by atoms with Crippen LogP contribution < -0.4 is 4.90 Å². The number of anilines is 1. The molecule has 0 atom stereocenters. The first-order chi connectivity index (χ1) is 8.09. The zero-order valence-electron chi connectivity index (χ0n) is 9.59. The normalized spacial score (nSPS) is 15.1. The molecule has 0 saturated heterocycles. The number of rotatable bonds is 3.